The highest BCUT2D eigenvalue weighted by Crippen LogP contribution is 2.15. The van der Waals surface area contributed by atoms with Crippen LogP contribution in [0, 0.1) is 0 Å². The standard InChI is InChI=1S/C13H23N5O2/c1-5-15-10-7-12(18(4)8-13(19)14-3)17-11(16-10)9-20-6-2/h7H,5-6,8-9H2,1-4H3,(H,14,19)(H,15,16,17). The van der Waals surface area contributed by atoms with Gasteiger partial charge >= 0.3 is 0 Å². The largest absolute Gasteiger partial charge is 0.374 e. The first-order valence-corrected chi connectivity index (χ1v) is 6.72. The molecule has 112 valence electrons. The average Bonchev–Trinajstić information content (AvgIpc) is 2.45. The number of anilines is 2. The van der Waals surface area contributed by atoms with E-state index in [0.29, 0.717) is 24.9 Å². The maximum Gasteiger partial charge on any atom is 0.239 e. The zero-order chi connectivity index (χ0) is 15.0. The van der Waals surface area contributed by atoms with Crippen LogP contribution in [-0.4, -0.2) is 49.7 Å². The lowest BCUT2D eigenvalue weighted by Gasteiger charge is -2.18. The summed E-state index contributed by atoms with van der Waals surface area (Å²) in [7, 11) is 3.43. The van der Waals surface area contributed by atoms with Crippen molar-refractivity contribution < 1.29 is 9.53 Å². The molecule has 0 atom stereocenters. The van der Waals surface area contributed by atoms with Gasteiger partial charge in [-0.3, -0.25) is 4.79 Å². The molecule has 1 aromatic heterocycles. The predicted octanol–water partition coefficient (Wildman–Crippen LogP) is 0.627. The SMILES string of the molecule is CCNc1cc(N(C)CC(=O)NC)nc(COCC)n1. The molecule has 0 bridgehead atoms. The molecule has 0 saturated carbocycles. The number of hydrogen-bond donors (Lipinski definition) is 2. The van der Waals surface area contributed by atoms with Crippen LogP contribution in [0.25, 0.3) is 0 Å². The number of nitrogens with one attached hydrogen (secondary N) is 2. The van der Waals surface area contributed by atoms with Crippen molar-refractivity contribution in [3.05, 3.63) is 11.9 Å². The summed E-state index contributed by atoms with van der Waals surface area (Å²) in [5, 5.41) is 5.74. The Labute approximate surface area is 119 Å². The minimum atomic E-state index is -0.0672. The van der Waals surface area contributed by atoms with Gasteiger partial charge in [0.05, 0.1) is 6.54 Å². The molecule has 20 heavy (non-hydrogen) atoms. The Morgan fingerprint density at radius 2 is 2.15 bits per heavy atom. The molecule has 0 aromatic carbocycles. The second-order valence-corrected chi connectivity index (χ2v) is 4.22. The van der Waals surface area contributed by atoms with Gasteiger partial charge in [-0.25, -0.2) is 9.97 Å². The lowest BCUT2D eigenvalue weighted by atomic mass is 10.4. The molecular formula is C13H23N5O2. The molecule has 0 aliphatic heterocycles. The van der Waals surface area contributed by atoms with E-state index in [1.807, 2.05) is 27.0 Å². The van der Waals surface area contributed by atoms with Crippen LogP contribution in [0.3, 0.4) is 0 Å². The van der Waals surface area contributed by atoms with Crippen molar-refractivity contribution in [2.24, 2.45) is 0 Å². The molecule has 2 N–H and O–H groups in total. The Balaban J connectivity index is 2.91. The van der Waals surface area contributed by atoms with E-state index in [0.717, 1.165) is 12.4 Å². The number of carbonyl (C=O) groups excluding carboxylic acids is 1. The summed E-state index contributed by atoms with van der Waals surface area (Å²) in [6, 6.07) is 1.82. The van der Waals surface area contributed by atoms with E-state index in [1.54, 1.807) is 11.9 Å². The highest BCUT2D eigenvalue weighted by Gasteiger charge is 2.11. The van der Waals surface area contributed by atoms with Gasteiger partial charge in [-0.15, -0.1) is 0 Å². The fourth-order valence-electron chi connectivity index (χ4n) is 1.58. The third kappa shape index (κ3) is 5.00. The van der Waals surface area contributed by atoms with Gasteiger partial charge in [-0.05, 0) is 13.8 Å². The highest BCUT2D eigenvalue weighted by atomic mass is 16.5. The monoisotopic (exact) mass is 281 g/mol. The molecule has 0 aliphatic rings. The molecule has 0 unspecified atom stereocenters. The number of ether oxygens (including phenoxy) is 1. The lowest BCUT2D eigenvalue weighted by molar-refractivity contribution is -0.119. The molecule has 1 rings (SSSR count). The summed E-state index contributed by atoms with van der Waals surface area (Å²) in [6.45, 7) is 5.90. The molecule has 0 spiro atoms. The number of hydrogen-bond acceptors (Lipinski definition) is 6. The van der Waals surface area contributed by atoms with Crippen LogP contribution >= 0.6 is 0 Å². The Kier molecular flexibility index (Phi) is 6.72. The number of likely N-dealkylation sites (N-methyl/N-ethyl adjacent to an activating group) is 2. The summed E-state index contributed by atoms with van der Waals surface area (Å²) in [5.41, 5.74) is 0. The van der Waals surface area contributed by atoms with E-state index in [2.05, 4.69) is 20.6 Å². The summed E-state index contributed by atoms with van der Waals surface area (Å²) in [6.07, 6.45) is 0. The van der Waals surface area contributed by atoms with Gasteiger partial charge in [0.1, 0.15) is 18.2 Å². The van der Waals surface area contributed by atoms with Crippen molar-refractivity contribution in [3.8, 4) is 0 Å². The van der Waals surface area contributed by atoms with Gasteiger partial charge in [0, 0.05) is 33.3 Å². The Bertz CT molecular complexity index is 439. The van der Waals surface area contributed by atoms with E-state index >= 15 is 0 Å². The molecule has 7 heteroatoms. The predicted molar refractivity (Wildman–Crippen MR) is 78.9 cm³/mol. The second-order valence-electron chi connectivity index (χ2n) is 4.22. The number of nitrogens with zero attached hydrogens (tertiary/aromatic N) is 3. The molecule has 1 amide bonds. The molecule has 0 saturated heterocycles. The minimum absolute atomic E-state index is 0.0672. The summed E-state index contributed by atoms with van der Waals surface area (Å²) in [5.74, 6) is 1.96. The van der Waals surface area contributed by atoms with Crippen LogP contribution in [0.4, 0.5) is 11.6 Å². The Morgan fingerprint density at radius 1 is 1.40 bits per heavy atom. The number of rotatable bonds is 8. The van der Waals surface area contributed by atoms with Crippen LogP contribution in [0.1, 0.15) is 19.7 Å². The van der Waals surface area contributed by atoms with E-state index in [4.69, 9.17) is 4.74 Å². The highest BCUT2D eigenvalue weighted by molar-refractivity contribution is 5.80. The van der Waals surface area contributed by atoms with E-state index < -0.39 is 0 Å². The molecule has 0 aliphatic carbocycles. The molecular weight excluding hydrogens is 258 g/mol. The van der Waals surface area contributed by atoms with Crippen molar-refractivity contribution >= 4 is 17.5 Å². The Morgan fingerprint density at radius 3 is 2.75 bits per heavy atom. The topological polar surface area (TPSA) is 79.4 Å². The first-order chi connectivity index (χ1) is 9.60. The van der Waals surface area contributed by atoms with Crippen molar-refractivity contribution in [2.45, 2.75) is 20.5 Å². The third-order valence-corrected chi connectivity index (χ3v) is 2.60. The average molecular weight is 281 g/mol. The van der Waals surface area contributed by atoms with E-state index in [1.165, 1.54) is 0 Å². The molecule has 1 aromatic rings. The van der Waals surface area contributed by atoms with Crippen LogP contribution in [0.15, 0.2) is 6.07 Å². The third-order valence-electron chi connectivity index (χ3n) is 2.60. The fraction of sp³-hybridized carbons (Fsp3) is 0.615. The van der Waals surface area contributed by atoms with E-state index in [-0.39, 0.29) is 12.5 Å². The number of aromatic nitrogens is 2. The molecule has 7 nitrogen and oxygen atoms in total. The molecule has 0 radical (unpaired) electrons. The van der Waals surface area contributed by atoms with E-state index in [9.17, 15) is 4.79 Å². The van der Waals surface area contributed by atoms with Gasteiger partial charge in [0.25, 0.3) is 0 Å². The fourth-order valence-corrected chi connectivity index (χ4v) is 1.58. The quantitative estimate of drug-likeness (QED) is 0.727. The van der Waals surface area contributed by atoms with Crippen molar-refractivity contribution in [1.29, 1.82) is 0 Å². The first-order valence-electron chi connectivity index (χ1n) is 6.72. The minimum Gasteiger partial charge on any atom is -0.374 e. The van der Waals surface area contributed by atoms with Gasteiger partial charge in [0.15, 0.2) is 5.82 Å². The summed E-state index contributed by atoms with van der Waals surface area (Å²) >= 11 is 0. The second kappa shape index (κ2) is 8.31. The van der Waals surface area contributed by atoms with Crippen LogP contribution in [-0.2, 0) is 16.1 Å². The van der Waals surface area contributed by atoms with Crippen molar-refractivity contribution in [3.63, 3.8) is 0 Å². The van der Waals surface area contributed by atoms with Crippen LogP contribution in [0.5, 0.6) is 0 Å². The maximum absolute atomic E-state index is 11.4. The normalized spacial score (nSPS) is 10.2. The zero-order valence-corrected chi connectivity index (χ0v) is 12.6. The summed E-state index contributed by atoms with van der Waals surface area (Å²) < 4.78 is 5.34. The van der Waals surface area contributed by atoms with Gasteiger partial charge in [-0.2, -0.15) is 0 Å². The van der Waals surface area contributed by atoms with Gasteiger partial charge in [0.2, 0.25) is 5.91 Å². The zero-order valence-electron chi connectivity index (χ0n) is 12.6. The van der Waals surface area contributed by atoms with Gasteiger partial charge < -0.3 is 20.3 Å². The molecule has 0 fully saturated rings. The smallest absolute Gasteiger partial charge is 0.239 e. The first kappa shape index (κ1) is 16.2. The van der Waals surface area contributed by atoms with Crippen LogP contribution in [0.2, 0.25) is 0 Å². The lowest BCUT2D eigenvalue weighted by Crippen LogP contribution is -2.33. The molecule has 1 heterocycles. The van der Waals surface area contributed by atoms with Gasteiger partial charge in [-0.1, -0.05) is 0 Å². The van der Waals surface area contributed by atoms with Crippen molar-refractivity contribution in [2.75, 3.05) is 44.0 Å². The maximum atomic E-state index is 11.4. The van der Waals surface area contributed by atoms with Crippen LogP contribution < -0.4 is 15.5 Å². The number of amides is 1. The summed E-state index contributed by atoms with van der Waals surface area (Å²) in [4.78, 5) is 22.0. The van der Waals surface area contributed by atoms with Crippen molar-refractivity contribution in [1.82, 2.24) is 15.3 Å². The number of carbonyl (C=O) groups is 1. The Hall–Kier alpha value is -1.89.